The van der Waals surface area contributed by atoms with Gasteiger partial charge >= 0.3 is 0 Å². The summed E-state index contributed by atoms with van der Waals surface area (Å²) in [5, 5.41) is 0. The van der Waals surface area contributed by atoms with Crippen molar-refractivity contribution in [3.05, 3.63) is 53.0 Å². The van der Waals surface area contributed by atoms with Crippen LogP contribution in [0.3, 0.4) is 0 Å². The molecular weight excluding hydrogens is 392 g/mol. The minimum Gasteiger partial charge on any atom is -0.378 e. The number of fused-ring (bicyclic) bond motifs is 1. The lowest BCUT2D eigenvalue weighted by Crippen LogP contribution is -2.38. The number of benzene rings is 1. The molecule has 1 fully saturated rings. The van der Waals surface area contributed by atoms with Crippen LogP contribution in [-0.4, -0.2) is 53.0 Å². The Kier molecular flexibility index (Phi) is 6.61. The molecule has 0 spiro atoms. The molecule has 4 rings (SSSR count). The van der Waals surface area contributed by atoms with Crippen LogP contribution >= 0.6 is 0 Å². The molecule has 164 valence electrons. The first kappa shape index (κ1) is 21.4. The molecule has 31 heavy (non-hydrogen) atoms. The fourth-order valence-electron chi connectivity index (χ4n) is 4.28. The summed E-state index contributed by atoms with van der Waals surface area (Å²) < 4.78 is 5.58. The highest BCUT2D eigenvalue weighted by Crippen LogP contribution is 2.28. The molecule has 0 aliphatic carbocycles. The molecule has 0 radical (unpaired) electrons. The maximum atomic E-state index is 12.7. The molecule has 1 atom stereocenters. The number of carbonyl (C=O) groups is 2. The molecule has 0 bridgehead atoms. The van der Waals surface area contributed by atoms with Crippen LogP contribution in [0.25, 0.3) is 0 Å². The third-order valence-electron chi connectivity index (χ3n) is 6.08. The summed E-state index contributed by atoms with van der Waals surface area (Å²) in [6, 6.07) is 10.1. The van der Waals surface area contributed by atoms with Crippen LogP contribution in [0.5, 0.6) is 0 Å². The summed E-state index contributed by atoms with van der Waals surface area (Å²) in [5.41, 5.74) is 3.11. The van der Waals surface area contributed by atoms with Crippen molar-refractivity contribution in [2.45, 2.75) is 58.1 Å². The van der Waals surface area contributed by atoms with Crippen LogP contribution in [0, 0.1) is 6.92 Å². The lowest BCUT2D eigenvalue weighted by atomic mass is 10.0. The van der Waals surface area contributed by atoms with Crippen LogP contribution in [0.4, 0.5) is 5.82 Å². The van der Waals surface area contributed by atoms with Crippen molar-refractivity contribution in [1.29, 1.82) is 0 Å². The van der Waals surface area contributed by atoms with E-state index in [1.54, 1.807) is 16.8 Å². The van der Waals surface area contributed by atoms with Gasteiger partial charge in [0.1, 0.15) is 11.6 Å². The normalized spacial score (nSPS) is 18.2. The van der Waals surface area contributed by atoms with Crippen molar-refractivity contribution in [2.75, 3.05) is 25.1 Å². The second-order valence-electron chi connectivity index (χ2n) is 8.40. The molecular formula is C24H30N4O3. The maximum Gasteiger partial charge on any atom is 0.228 e. The summed E-state index contributed by atoms with van der Waals surface area (Å²) >= 11 is 0. The first-order chi connectivity index (χ1) is 15.0. The standard InChI is InChI=1S/C24H30N4O3/c1-17-20-10-11-22(29)28(13-12-18-7-4-3-5-8-18)24(20)26-21(25-17)16-27(2)23(30)15-19-9-6-14-31-19/h3-5,7-8,19H,6,9-16H2,1-2H3/t19-/m1/s1. The minimum atomic E-state index is 0.0206. The van der Waals surface area contributed by atoms with Gasteiger partial charge in [0.25, 0.3) is 0 Å². The summed E-state index contributed by atoms with van der Waals surface area (Å²) in [4.78, 5) is 38.1. The molecule has 1 aromatic heterocycles. The smallest absolute Gasteiger partial charge is 0.228 e. The maximum absolute atomic E-state index is 12.7. The highest BCUT2D eigenvalue weighted by molar-refractivity contribution is 5.95. The number of aryl methyl sites for hydroxylation is 1. The van der Waals surface area contributed by atoms with Gasteiger partial charge in [0.2, 0.25) is 11.8 Å². The quantitative estimate of drug-likeness (QED) is 0.686. The Morgan fingerprint density at radius 2 is 2.03 bits per heavy atom. The van der Waals surface area contributed by atoms with Gasteiger partial charge in [-0.3, -0.25) is 14.5 Å². The van der Waals surface area contributed by atoms with Crippen LogP contribution in [0.15, 0.2) is 30.3 Å². The first-order valence-corrected chi connectivity index (χ1v) is 11.1. The summed E-state index contributed by atoms with van der Waals surface area (Å²) in [6.45, 7) is 3.60. The monoisotopic (exact) mass is 422 g/mol. The Hall–Kier alpha value is -2.80. The minimum absolute atomic E-state index is 0.0206. The third-order valence-corrected chi connectivity index (χ3v) is 6.08. The molecule has 1 aromatic carbocycles. The van der Waals surface area contributed by atoms with Gasteiger partial charge in [0.15, 0.2) is 0 Å². The SMILES string of the molecule is Cc1nc(CN(C)C(=O)C[C@H]2CCCO2)nc2c1CCC(=O)N2CCc1ccccc1. The molecule has 0 unspecified atom stereocenters. The molecule has 2 aliphatic rings. The van der Waals surface area contributed by atoms with Gasteiger partial charge in [-0.05, 0) is 38.2 Å². The van der Waals surface area contributed by atoms with E-state index in [2.05, 4.69) is 17.1 Å². The predicted molar refractivity (Wildman–Crippen MR) is 118 cm³/mol. The van der Waals surface area contributed by atoms with Crippen molar-refractivity contribution >= 4 is 17.6 Å². The Morgan fingerprint density at radius 1 is 1.23 bits per heavy atom. The van der Waals surface area contributed by atoms with Gasteiger partial charge in [-0.1, -0.05) is 30.3 Å². The number of carbonyl (C=O) groups excluding carboxylic acids is 2. The number of amides is 2. The van der Waals surface area contributed by atoms with Gasteiger partial charge < -0.3 is 9.64 Å². The van der Waals surface area contributed by atoms with Crippen molar-refractivity contribution in [1.82, 2.24) is 14.9 Å². The number of aromatic nitrogens is 2. The van der Waals surface area contributed by atoms with Crippen LogP contribution in [0.2, 0.25) is 0 Å². The average Bonchev–Trinajstić information content (AvgIpc) is 3.26. The zero-order valence-electron chi connectivity index (χ0n) is 18.3. The average molecular weight is 423 g/mol. The predicted octanol–water partition coefficient (Wildman–Crippen LogP) is 2.83. The lowest BCUT2D eigenvalue weighted by Gasteiger charge is -2.30. The fourth-order valence-corrected chi connectivity index (χ4v) is 4.28. The van der Waals surface area contributed by atoms with E-state index >= 15 is 0 Å². The van der Waals surface area contributed by atoms with Crippen molar-refractivity contribution < 1.29 is 14.3 Å². The Labute approximate surface area is 183 Å². The second kappa shape index (κ2) is 9.56. The molecule has 7 heteroatoms. The fraction of sp³-hybridized carbons (Fsp3) is 0.500. The molecule has 2 amide bonds. The lowest BCUT2D eigenvalue weighted by molar-refractivity contribution is -0.132. The van der Waals surface area contributed by atoms with E-state index in [0.29, 0.717) is 44.0 Å². The summed E-state index contributed by atoms with van der Waals surface area (Å²) in [6.07, 6.45) is 4.27. The van der Waals surface area contributed by atoms with Crippen LogP contribution in [-0.2, 0) is 33.7 Å². The summed E-state index contributed by atoms with van der Waals surface area (Å²) in [7, 11) is 1.77. The van der Waals surface area contributed by atoms with Crippen molar-refractivity contribution in [3.63, 3.8) is 0 Å². The molecule has 0 N–H and O–H groups in total. The van der Waals surface area contributed by atoms with E-state index in [0.717, 1.165) is 37.1 Å². The van der Waals surface area contributed by atoms with Gasteiger partial charge in [0, 0.05) is 37.9 Å². The molecule has 2 aromatic rings. The Balaban J connectivity index is 1.49. The number of hydrogen-bond donors (Lipinski definition) is 0. The number of hydrogen-bond acceptors (Lipinski definition) is 5. The van der Waals surface area contributed by atoms with E-state index < -0.39 is 0 Å². The third kappa shape index (κ3) is 5.10. The topological polar surface area (TPSA) is 75.6 Å². The number of nitrogens with zero attached hydrogens (tertiary/aromatic N) is 4. The van der Waals surface area contributed by atoms with E-state index in [-0.39, 0.29) is 17.9 Å². The van der Waals surface area contributed by atoms with Crippen LogP contribution in [0.1, 0.15) is 48.3 Å². The van der Waals surface area contributed by atoms with Gasteiger partial charge in [0.05, 0.1) is 19.1 Å². The largest absolute Gasteiger partial charge is 0.378 e. The highest BCUT2D eigenvalue weighted by atomic mass is 16.5. The zero-order valence-corrected chi connectivity index (χ0v) is 18.3. The van der Waals surface area contributed by atoms with Crippen molar-refractivity contribution in [2.24, 2.45) is 0 Å². The summed E-state index contributed by atoms with van der Waals surface area (Å²) in [5.74, 6) is 1.40. The molecule has 7 nitrogen and oxygen atoms in total. The second-order valence-corrected chi connectivity index (χ2v) is 8.40. The number of rotatable bonds is 7. The van der Waals surface area contributed by atoms with E-state index in [9.17, 15) is 9.59 Å². The van der Waals surface area contributed by atoms with Gasteiger partial charge in [-0.15, -0.1) is 0 Å². The zero-order chi connectivity index (χ0) is 21.8. The highest BCUT2D eigenvalue weighted by Gasteiger charge is 2.28. The molecule has 2 aliphatic heterocycles. The number of anilines is 1. The Bertz CT molecular complexity index is 941. The Morgan fingerprint density at radius 3 is 2.77 bits per heavy atom. The molecule has 1 saturated heterocycles. The van der Waals surface area contributed by atoms with E-state index in [1.807, 2.05) is 25.1 Å². The van der Waals surface area contributed by atoms with Gasteiger partial charge in [-0.2, -0.15) is 0 Å². The van der Waals surface area contributed by atoms with E-state index in [1.165, 1.54) is 5.56 Å². The van der Waals surface area contributed by atoms with E-state index in [4.69, 9.17) is 9.72 Å². The van der Waals surface area contributed by atoms with Gasteiger partial charge in [-0.25, -0.2) is 9.97 Å². The molecule has 0 saturated carbocycles. The first-order valence-electron chi connectivity index (χ1n) is 11.1. The van der Waals surface area contributed by atoms with Crippen LogP contribution < -0.4 is 4.90 Å². The van der Waals surface area contributed by atoms with Crippen molar-refractivity contribution in [3.8, 4) is 0 Å². The number of ether oxygens (including phenoxy) is 1. The molecule has 3 heterocycles.